The summed E-state index contributed by atoms with van der Waals surface area (Å²) in [7, 11) is 0. The summed E-state index contributed by atoms with van der Waals surface area (Å²) < 4.78 is 41.0. The Balaban J connectivity index is 2.08. The van der Waals surface area contributed by atoms with Gasteiger partial charge in [0.15, 0.2) is 0 Å². The molecule has 1 aliphatic heterocycles. The molecule has 1 saturated heterocycles. The second-order valence-electron chi connectivity index (χ2n) is 5.61. The normalized spacial score (nSPS) is 23.0. The first-order valence-corrected chi connectivity index (χ1v) is 7.43. The average Bonchev–Trinajstić information content (AvgIpc) is 2.55. The molecule has 2 unspecified atom stereocenters. The number of hydrogen-bond acceptors (Lipinski definition) is 3. The van der Waals surface area contributed by atoms with Crippen molar-refractivity contribution in [2.45, 2.75) is 18.3 Å². The number of hydrazine groups is 1. The molecule has 0 bridgehead atoms. The maximum Gasteiger partial charge on any atom is 0.407 e. The number of alkyl halides is 3. The maximum atomic E-state index is 13.7. The van der Waals surface area contributed by atoms with Gasteiger partial charge in [0, 0.05) is 18.8 Å². The van der Waals surface area contributed by atoms with Gasteiger partial charge in [-0.1, -0.05) is 48.5 Å². The lowest BCUT2D eigenvalue weighted by Gasteiger charge is -2.47. The molecule has 0 saturated carbocycles. The van der Waals surface area contributed by atoms with Crippen LogP contribution in [0.25, 0.3) is 0 Å². The van der Waals surface area contributed by atoms with E-state index in [-0.39, 0.29) is 6.54 Å². The number of hydrogen-bond donors (Lipinski definition) is 1. The molecule has 3 rings (SSSR count). The fraction of sp³-hybridized carbons (Fsp3) is 0.294. The third kappa shape index (κ3) is 3.18. The van der Waals surface area contributed by atoms with Crippen molar-refractivity contribution in [1.29, 1.82) is 0 Å². The zero-order valence-corrected chi connectivity index (χ0v) is 12.4. The van der Waals surface area contributed by atoms with Crippen LogP contribution in [0.3, 0.4) is 0 Å². The molecule has 1 aliphatic rings. The number of halogens is 3. The van der Waals surface area contributed by atoms with E-state index in [2.05, 4.69) is 0 Å². The van der Waals surface area contributed by atoms with E-state index in [0.29, 0.717) is 12.1 Å². The van der Waals surface area contributed by atoms with E-state index in [1.165, 1.54) is 0 Å². The van der Waals surface area contributed by atoms with Gasteiger partial charge in [0.25, 0.3) is 0 Å². The summed E-state index contributed by atoms with van der Waals surface area (Å²) in [6.07, 6.45) is -4.41. The summed E-state index contributed by atoms with van der Waals surface area (Å²) in [6.45, 7) is 0.592. The highest BCUT2D eigenvalue weighted by molar-refractivity contribution is 5.50. The van der Waals surface area contributed by atoms with E-state index >= 15 is 0 Å². The highest BCUT2D eigenvalue weighted by Gasteiger charge is 2.52. The van der Waals surface area contributed by atoms with Crippen LogP contribution in [0.2, 0.25) is 0 Å². The Morgan fingerprint density at radius 2 is 1.43 bits per heavy atom. The zero-order valence-electron chi connectivity index (χ0n) is 12.4. The number of benzene rings is 2. The van der Waals surface area contributed by atoms with Crippen molar-refractivity contribution in [1.82, 2.24) is 5.01 Å². The van der Waals surface area contributed by atoms with Crippen LogP contribution in [0.5, 0.6) is 0 Å². The van der Waals surface area contributed by atoms with Crippen molar-refractivity contribution >= 4 is 5.69 Å². The smallest absolute Gasteiger partial charge is 0.361 e. The Hall–Kier alpha value is -2.05. The van der Waals surface area contributed by atoms with Gasteiger partial charge in [0.2, 0.25) is 0 Å². The van der Waals surface area contributed by atoms with Crippen molar-refractivity contribution in [3.8, 4) is 0 Å². The number of rotatable bonds is 2. The van der Waals surface area contributed by atoms with Gasteiger partial charge in [0.1, 0.15) is 6.04 Å². The third-order valence-corrected chi connectivity index (χ3v) is 4.16. The van der Waals surface area contributed by atoms with Crippen LogP contribution >= 0.6 is 0 Å². The lowest BCUT2D eigenvalue weighted by atomic mass is 9.93. The fourth-order valence-electron chi connectivity index (χ4n) is 3.14. The molecule has 3 nitrogen and oxygen atoms in total. The first-order valence-electron chi connectivity index (χ1n) is 7.43. The molecule has 1 fully saturated rings. The molecule has 1 heterocycles. The second kappa shape index (κ2) is 6.22. The number of nitrogens with two attached hydrogens (primary N) is 1. The van der Waals surface area contributed by atoms with Gasteiger partial charge in [-0.3, -0.25) is 5.84 Å². The van der Waals surface area contributed by atoms with Crippen molar-refractivity contribution < 1.29 is 13.2 Å². The van der Waals surface area contributed by atoms with E-state index in [1.807, 2.05) is 30.3 Å². The SMILES string of the molecule is NN1CCN(c2ccccc2)C(c2ccccc2)C1C(F)(F)F. The largest absolute Gasteiger partial charge is 0.407 e. The van der Waals surface area contributed by atoms with Gasteiger partial charge in [0.05, 0.1) is 6.04 Å². The number of piperazine rings is 1. The Bertz CT molecular complexity index is 631. The van der Waals surface area contributed by atoms with Crippen molar-refractivity contribution in [2.24, 2.45) is 5.84 Å². The summed E-state index contributed by atoms with van der Waals surface area (Å²) in [5, 5.41) is 0.914. The Morgan fingerprint density at radius 3 is 2.00 bits per heavy atom. The number of para-hydroxylation sites is 1. The fourth-order valence-corrected chi connectivity index (χ4v) is 3.14. The quantitative estimate of drug-likeness (QED) is 0.861. The molecule has 2 atom stereocenters. The van der Waals surface area contributed by atoms with Gasteiger partial charge >= 0.3 is 6.18 Å². The van der Waals surface area contributed by atoms with E-state index in [4.69, 9.17) is 5.84 Å². The monoisotopic (exact) mass is 321 g/mol. The molecule has 122 valence electrons. The molecule has 2 aromatic rings. The summed E-state index contributed by atoms with van der Waals surface area (Å²) in [4.78, 5) is 1.79. The van der Waals surface area contributed by atoms with E-state index in [0.717, 1.165) is 10.7 Å². The van der Waals surface area contributed by atoms with Gasteiger partial charge in [-0.2, -0.15) is 13.2 Å². The van der Waals surface area contributed by atoms with Crippen LogP contribution in [-0.4, -0.2) is 30.3 Å². The summed E-state index contributed by atoms with van der Waals surface area (Å²) in [6, 6.07) is 15.3. The molecule has 0 spiro atoms. The lowest BCUT2D eigenvalue weighted by molar-refractivity contribution is -0.195. The molecule has 2 aromatic carbocycles. The summed E-state index contributed by atoms with van der Waals surface area (Å²) >= 11 is 0. The Morgan fingerprint density at radius 1 is 0.870 bits per heavy atom. The third-order valence-electron chi connectivity index (χ3n) is 4.16. The van der Waals surface area contributed by atoms with Gasteiger partial charge in [-0.15, -0.1) is 0 Å². The van der Waals surface area contributed by atoms with Crippen LogP contribution in [0.1, 0.15) is 11.6 Å². The van der Waals surface area contributed by atoms with Crippen LogP contribution in [0, 0.1) is 0 Å². The van der Waals surface area contributed by atoms with Crippen molar-refractivity contribution in [2.75, 3.05) is 18.0 Å². The molecular weight excluding hydrogens is 303 g/mol. The minimum Gasteiger partial charge on any atom is -0.361 e. The molecule has 0 aliphatic carbocycles. The Labute approximate surface area is 133 Å². The summed E-state index contributed by atoms with van der Waals surface area (Å²) in [5.74, 6) is 5.72. The standard InChI is InChI=1S/C17H18F3N3/c18-17(19,20)16-15(13-7-3-1-4-8-13)22(11-12-23(16)21)14-9-5-2-6-10-14/h1-10,15-16H,11-12,21H2. The van der Waals surface area contributed by atoms with E-state index < -0.39 is 18.3 Å². The van der Waals surface area contributed by atoms with Gasteiger partial charge in [-0.25, -0.2) is 5.01 Å². The molecule has 6 heteroatoms. The molecule has 0 amide bonds. The van der Waals surface area contributed by atoms with Gasteiger partial charge in [-0.05, 0) is 17.7 Å². The van der Waals surface area contributed by atoms with Crippen LogP contribution < -0.4 is 10.7 Å². The van der Waals surface area contributed by atoms with E-state index in [1.54, 1.807) is 35.2 Å². The molecule has 23 heavy (non-hydrogen) atoms. The van der Waals surface area contributed by atoms with Crippen molar-refractivity contribution in [3.63, 3.8) is 0 Å². The lowest BCUT2D eigenvalue weighted by Crippen LogP contribution is -2.63. The van der Waals surface area contributed by atoms with E-state index in [9.17, 15) is 13.2 Å². The minimum absolute atomic E-state index is 0.155. The first kappa shape index (κ1) is 15.8. The maximum absolute atomic E-state index is 13.7. The predicted molar refractivity (Wildman–Crippen MR) is 83.7 cm³/mol. The van der Waals surface area contributed by atoms with Crippen molar-refractivity contribution in [3.05, 3.63) is 66.2 Å². The topological polar surface area (TPSA) is 32.5 Å². The van der Waals surface area contributed by atoms with Crippen LogP contribution in [0.15, 0.2) is 60.7 Å². The number of anilines is 1. The van der Waals surface area contributed by atoms with Crippen LogP contribution in [0.4, 0.5) is 18.9 Å². The molecule has 0 radical (unpaired) electrons. The molecule has 0 aromatic heterocycles. The Kier molecular flexibility index (Phi) is 4.28. The summed E-state index contributed by atoms with van der Waals surface area (Å²) in [5.41, 5.74) is 1.37. The zero-order chi connectivity index (χ0) is 16.4. The predicted octanol–water partition coefficient (Wildman–Crippen LogP) is 3.35. The minimum atomic E-state index is -4.41. The molecular formula is C17H18F3N3. The average molecular weight is 321 g/mol. The van der Waals surface area contributed by atoms with Gasteiger partial charge < -0.3 is 4.90 Å². The second-order valence-corrected chi connectivity index (χ2v) is 5.61. The molecule has 2 N–H and O–H groups in total. The highest BCUT2D eigenvalue weighted by atomic mass is 19.4. The first-order chi connectivity index (χ1) is 11.0. The highest BCUT2D eigenvalue weighted by Crippen LogP contribution is 2.41. The number of nitrogens with zero attached hydrogens (tertiary/aromatic N) is 2. The van der Waals surface area contributed by atoms with Crippen LogP contribution in [-0.2, 0) is 0 Å².